The number of carbonyl (C=O) groups is 2. The first-order valence-electron chi connectivity index (χ1n) is 8.27. The van der Waals surface area contributed by atoms with Gasteiger partial charge in [0.2, 0.25) is 5.91 Å². The summed E-state index contributed by atoms with van der Waals surface area (Å²) in [5, 5.41) is 8.25. The van der Waals surface area contributed by atoms with Crippen molar-refractivity contribution in [1.82, 2.24) is 15.6 Å². The van der Waals surface area contributed by atoms with Gasteiger partial charge in [-0.25, -0.2) is 9.78 Å². The molecule has 0 aliphatic rings. The van der Waals surface area contributed by atoms with E-state index in [4.69, 9.17) is 0 Å². The van der Waals surface area contributed by atoms with Crippen LogP contribution in [0.25, 0.3) is 0 Å². The number of nitrogens with one attached hydrogen (secondary N) is 3. The highest BCUT2D eigenvalue weighted by atomic mass is 16.2. The number of pyridine rings is 1. The smallest absolute Gasteiger partial charge is 0.315 e. The van der Waals surface area contributed by atoms with Crippen LogP contribution in [0.5, 0.6) is 0 Å². The van der Waals surface area contributed by atoms with Crippen LogP contribution in [0.3, 0.4) is 0 Å². The molecule has 1 aromatic carbocycles. The largest absolute Gasteiger partial charge is 0.334 e. The molecule has 0 saturated carbocycles. The number of anilines is 1. The van der Waals surface area contributed by atoms with Crippen LogP contribution in [-0.4, -0.2) is 23.0 Å². The summed E-state index contributed by atoms with van der Waals surface area (Å²) >= 11 is 0. The Kier molecular flexibility index (Phi) is 6.51. The number of aromatic nitrogens is 1. The molecule has 25 heavy (non-hydrogen) atoms. The van der Waals surface area contributed by atoms with Crippen molar-refractivity contribution in [2.24, 2.45) is 5.92 Å². The van der Waals surface area contributed by atoms with Crippen LogP contribution < -0.4 is 16.0 Å². The van der Waals surface area contributed by atoms with E-state index in [1.807, 2.05) is 57.2 Å². The van der Waals surface area contributed by atoms with Gasteiger partial charge in [0, 0.05) is 12.7 Å². The van der Waals surface area contributed by atoms with Crippen molar-refractivity contribution >= 4 is 17.8 Å². The minimum absolute atomic E-state index is 0.0627. The molecule has 3 amide bonds. The summed E-state index contributed by atoms with van der Waals surface area (Å²) in [6, 6.07) is 12.2. The first-order valence-corrected chi connectivity index (χ1v) is 8.27. The zero-order chi connectivity index (χ0) is 18.2. The normalized spacial score (nSPS) is 11.7. The highest BCUT2D eigenvalue weighted by Gasteiger charge is 2.24. The average molecular weight is 340 g/mol. The van der Waals surface area contributed by atoms with Crippen molar-refractivity contribution in [3.05, 3.63) is 59.8 Å². The van der Waals surface area contributed by atoms with Crippen LogP contribution in [0, 0.1) is 12.8 Å². The lowest BCUT2D eigenvalue weighted by Gasteiger charge is -2.21. The zero-order valence-electron chi connectivity index (χ0n) is 14.7. The number of hydrogen-bond donors (Lipinski definition) is 3. The number of amides is 3. The first-order chi connectivity index (χ1) is 12.0. The summed E-state index contributed by atoms with van der Waals surface area (Å²) in [7, 11) is 0. The van der Waals surface area contributed by atoms with Gasteiger partial charge in [-0.15, -0.1) is 0 Å². The van der Waals surface area contributed by atoms with Gasteiger partial charge < -0.3 is 16.0 Å². The molecule has 0 bridgehead atoms. The maximum absolute atomic E-state index is 12.5. The predicted octanol–water partition coefficient (Wildman–Crippen LogP) is 2.85. The van der Waals surface area contributed by atoms with Gasteiger partial charge >= 0.3 is 6.03 Å². The van der Waals surface area contributed by atoms with E-state index >= 15 is 0 Å². The topological polar surface area (TPSA) is 83.1 Å². The van der Waals surface area contributed by atoms with Gasteiger partial charge in [-0.2, -0.15) is 0 Å². The van der Waals surface area contributed by atoms with E-state index in [1.54, 1.807) is 12.3 Å². The van der Waals surface area contributed by atoms with E-state index < -0.39 is 6.04 Å². The summed E-state index contributed by atoms with van der Waals surface area (Å²) in [6.07, 6.45) is 1.63. The van der Waals surface area contributed by atoms with Gasteiger partial charge in [-0.3, -0.25) is 4.79 Å². The van der Waals surface area contributed by atoms with E-state index in [0.29, 0.717) is 12.4 Å². The van der Waals surface area contributed by atoms with Gasteiger partial charge in [-0.1, -0.05) is 44.2 Å². The second-order valence-electron chi connectivity index (χ2n) is 6.24. The number of rotatable bonds is 6. The quantitative estimate of drug-likeness (QED) is 0.756. The molecule has 0 radical (unpaired) electrons. The van der Waals surface area contributed by atoms with Crippen molar-refractivity contribution in [1.29, 1.82) is 0 Å². The van der Waals surface area contributed by atoms with Crippen molar-refractivity contribution < 1.29 is 9.59 Å². The molecule has 132 valence electrons. The van der Waals surface area contributed by atoms with E-state index in [0.717, 1.165) is 11.1 Å². The molecule has 1 unspecified atom stereocenters. The fourth-order valence-electron chi connectivity index (χ4n) is 2.31. The molecular formula is C19H24N4O2. The summed E-state index contributed by atoms with van der Waals surface area (Å²) < 4.78 is 0. The number of urea groups is 1. The summed E-state index contributed by atoms with van der Waals surface area (Å²) in [5.74, 6) is 0.123. The van der Waals surface area contributed by atoms with Crippen molar-refractivity contribution in [3.8, 4) is 0 Å². The molecule has 2 aromatic rings. The third-order valence-electron chi connectivity index (χ3n) is 3.70. The average Bonchev–Trinajstić information content (AvgIpc) is 2.58. The highest BCUT2D eigenvalue weighted by molar-refractivity contribution is 5.96. The number of aryl methyl sites for hydroxylation is 1. The Labute approximate surface area is 148 Å². The molecule has 1 atom stereocenters. The number of carbonyl (C=O) groups excluding carboxylic acids is 2. The third-order valence-corrected chi connectivity index (χ3v) is 3.70. The van der Waals surface area contributed by atoms with Crippen LogP contribution >= 0.6 is 0 Å². The van der Waals surface area contributed by atoms with Gasteiger partial charge in [0.25, 0.3) is 0 Å². The minimum Gasteiger partial charge on any atom is -0.334 e. The molecule has 3 N–H and O–H groups in total. The van der Waals surface area contributed by atoms with Crippen LogP contribution in [0.4, 0.5) is 10.6 Å². The van der Waals surface area contributed by atoms with Gasteiger partial charge in [-0.05, 0) is 36.1 Å². The fourth-order valence-corrected chi connectivity index (χ4v) is 2.31. The SMILES string of the molecule is Cc1ccnc(NC(=O)C(NC(=O)NCc2ccccc2)C(C)C)c1. The molecular weight excluding hydrogens is 316 g/mol. The third kappa shape index (κ3) is 5.91. The predicted molar refractivity (Wildman–Crippen MR) is 98.0 cm³/mol. The van der Waals surface area contributed by atoms with E-state index in [9.17, 15) is 9.59 Å². The Morgan fingerprint density at radius 3 is 2.48 bits per heavy atom. The molecule has 0 aliphatic heterocycles. The van der Waals surface area contributed by atoms with Crippen molar-refractivity contribution in [3.63, 3.8) is 0 Å². The van der Waals surface area contributed by atoms with Gasteiger partial charge in [0.1, 0.15) is 11.9 Å². The second kappa shape index (κ2) is 8.82. The molecule has 0 spiro atoms. The molecule has 1 heterocycles. The van der Waals surface area contributed by atoms with E-state index in [-0.39, 0.29) is 17.9 Å². The van der Waals surface area contributed by atoms with Crippen molar-refractivity contribution in [2.45, 2.75) is 33.4 Å². The molecule has 6 nitrogen and oxygen atoms in total. The molecule has 1 aromatic heterocycles. The van der Waals surface area contributed by atoms with E-state index in [2.05, 4.69) is 20.9 Å². The fraction of sp³-hybridized carbons (Fsp3) is 0.316. The highest BCUT2D eigenvalue weighted by Crippen LogP contribution is 2.09. The van der Waals surface area contributed by atoms with Gasteiger partial charge in [0.05, 0.1) is 0 Å². The lowest BCUT2D eigenvalue weighted by atomic mass is 10.0. The van der Waals surface area contributed by atoms with Crippen LogP contribution in [-0.2, 0) is 11.3 Å². The van der Waals surface area contributed by atoms with Gasteiger partial charge in [0.15, 0.2) is 0 Å². The number of nitrogens with zero attached hydrogens (tertiary/aromatic N) is 1. The number of hydrogen-bond acceptors (Lipinski definition) is 3. The summed E-state index contributed by atoms with van der Waals surface area (Å²) in [5.41, 5.74) is 1.99. The Morgan fingerprint density at radius 1 is 1.12 bits per heavy atom. The lowest BCUT2D eigenvalue weighted by molar-refractivity contribution is -0.118. The monoisotopic (exact) mass is 340 g/mol. The first kappa shape index (κ1) is 18.4. The molecule has 0 saturated heterocycles. The standard InChI is InChI=1S/C19H24N4O2/c1-13(2)17(18(24)22-16-11-14(3)9-10-20-16)23-19(25)21-12-15-7-5-4-6-8-15/h4-11,13,17H,12H2,1-3H3,(H,20,22,24)(H2,21,23,25). The van der Waals surface area contributed by atoms with Crippen molar-refractivity contribution in [2.75, 3.05) is 5.32 Å². The van der Waals surface area contributed by atoms with E-state index in [1.165, 1.54) is 0 Å². The lowest BCUT2D eigenvalue weighted by Crippen LogP contribution is -2.50. The molecule has 0 fully saturated rings. The van der Waals surface area contributed by atoms with Crippen LogP contribution in [0.2, 0.25) is 0 Å². The zero-order valence-corrected chi connectivity index (χ0v) is 14.7. The Morgan fingerprint density at radius 2 is 1.84 bits per heavy atom. The maximum Gasteiger partial charge on any atom is 0.315 e. The second-order valence-corrected chi connectivity index (χ2v) is 6.24. The summed E-state index contributed by atoms with van der Waals surface area (Å²) in [4.78, 5) is 28.7. The Bertz CT molecular complexity index is 716. The summed E-state index contributed by atoms with van der Waals surface area (Å²) in [6.45, 7) is 6.09. The maximum atomic E-state index is 12.5. The molecule has 0 aliphatic carbocycles. The Balaban J connectivity index is 1.92. The number of benzene rings is 1. The van der Waals surface area contributed by atoms with Crippen LogP contribution in [0.15, 0.2) is 48.7 Å². The Hall–Kier alpha value is -2.89. The minimum atomic E-state index is -0.655. The molecule has 6 heteroatoms. The molecule has 2 rings (SSSR count). The van der Waals surface area contributed by atoms with Crippen LogP contribution in [0.1, 0.15) is 25.0 Å².